The van der Waals surface area contributed by atoms with Crippen molar-refractivity contribution in [1.29, 1.82) is 0 Å². The summed E-state index contributed by atoms with van der Waals surface area (Å²) in [5.41, 5.74) is 0.447. The summed E-state index contributed by atoms with van der Waals surface area (Å²) in [6, 6.07) is 4.94. The van der Waals surface area contributed by atoms with Gasteiger partial charge in [0.15, 0.2) is 0 Å². The summed E-state index contributed by atoms with van der Waals surface area (Å²) in [6.07, 6.45) is 0.713. The van der Waals surface area contributed by atoms with Crippen molar-refractivity contribution in [2.45, 2.75) is 13.3 Å². The third-order valence-electron chi connectivity index (χ3n) is 4.03. The normalized spacial score (nSPS) is 14.2. The summed E-state index contributed by atoms with van der Waals surface area (Å²) in [4.78, 5) is 39.1. The number of halogens is 1. The number of nitrogens with zero attached hydrogens (tertiary/aromatic N) is 2. The summed E-state index contributed by atoms with van der Waals surface area (Å²) in [6.45, 7) is 4.08. The van der Waals surface area contributed by atoms with Gasteiger partial charge < -0.3 is 25.2 Å². The third kappa shape index (κ3) is 6.86. The molecule has 1 fully saturated rings. The van der Waals surface area contributed by atoms with E-state index < -0.39 is 11.8 Å². The number of carbonyl (C=O) groups excluding carboxylic acids is 3. The maximum Gasteiger partial charge on any atom is 0.322 e. The van der Waals surface area contributed by atoms with E-state index in [1.807, 2.05) is 6.92 Å². The highest BCUT2D eigenvalue weighted by Crippen LogP contribution is 2.11. The average molecular weight is 380 g/mol. The van der Waals surface area contributed by atoms with Crippen LogP contribution in [-0.2, 0) is 14.3 Å². The Hall–Kier alpha value is -2.68. The quantitative estimate of drug-likeness (QED) is 0.660. The molecule has 1 aromatic rings. The molecule has 1 aliphatic heterocycles. The van der Waals surface area contributed by atoms with Crippen molar-refractivity contribution in [3.63, 3.8) is 0 Å². The summed E-state index contributed by atoms with van der Waals surface area (Å²) in [7, 11) is 0. The zero-order valence-electron chi connectivity index (χ0n) is 15.4. The van der Waals surface area contributed by atoms with E-state index in [9.17, 15) is 18.8 Å². The standard InChI is InChI=1S/C18H25FN4O4/c1-2-27-11-3-8-20-16(24)12-22-9-10-23(13-17(22)25)18(26)21-15-6-4-14(19)5-7-15/h4-7H,2-3,8-13H2,1H3,(H,20,24)(H,21,26). The SMILES string of the molecule is CCOCCCNC(=O)CN1CCN(C(=O)Nc2ccc(F)cc2)CC1=O. The van der Waals surface area contributed by atoms with E-state index in [1.54, 1.807) is 0 Å². The van der Waals surface area contributed by atoms with Gasteiger partial charge in [-0.2, -0.15) is 0 Å². The van der Waals surface area contributed by atoms with Crippen LogP contribution in [0.5, 0.6) is 0 Å². The Bertz CT molecular complexity index is 653. The van der Waals surface area contributed by atoms with Gasteiger partial charge in [-0.1, -0.05) is 0 Å². The lowest BCUT2D eigenvalue weighted by molar-refractivity contribution is -0.139. The molecule has 0 aliphatic carbocycles. The molecule has 0 unspecified atom stereocenters. The zero-order chi connectivity index (χ0) is 19.6. The van der Waals surface area contributed by atoms with Crippen LogP contribution in [0, 0.1) is 5.82 Å². The van der Waals surface area contributed by atoms with E-state index in [1.165, 1.54) is 34.1 Å². The molecule has 1 saturated heterocycles. The van der Waals surface area contributed by atoms with E-state index in [-0.39, 0.29) is 31.4 Å². The fourth-order valence-electron chi connectivity index (χ4n) is 2.56. The van der Waals surface area contributed by atoms with Gasteiger partial charge >= 0.3 is 6.03 Å². The molecule has 2 rings (SSSR count). The second kappa shape index (κ2) is 10.5. The van der Waals surface area contributed by atoms with Gasteiger partial charge in [0.25, 0.3) is 0 Å². The molecule has 0 atom stereocenters. The van der Waals surface area contributed by atoms with Gasteiger partial charge in [0.05, 0.1) is 6.54 Å². The highest BCUT2D eigenvalue weighted by molar-refractivity contribution is 5.94. The van der Waals surface area contributed by atoms with Crippen molar-refractivity contribution in [3.05, 3.63) is 30.1 Å². The average Bonchev–Trinajstić information content (AvgIpc) is 2.65. The number of ether oxygens (including phenoxy) is 1. The highest BCUT2D eigenvalue weighted by atomic mass is 19.1. The van der Waals surface area contributed by atoms with E-state index in [2.05, 4.69) is 10.6 Å². The summed E-state index contributed by atoms with van der Waals surface area (Å²) in [5.74, 6) is -0.919. The Balaban J connectivity index is 1.72. The van der Waals surface area contributed by atoms with Crippen LogP contribution in [-0.4, -0.2) is 73.6 Å². The molecule has 2 N–H and O–H groups in total. The Kier molecular flexibility index (Phi) is 8.00. The van der Waals surface area contributed by atoms with Gasteiger partial charge in [0.1, 0.15) is 12.4 Å². The van der Waals surface area contributed by atoms with E-state index in [0.717, 1.165) is 0 Å². The smallest absolute Gasteiger partial charge is 0.322 e. The van der Waals surface area contributed by atoms with E-state index >= 15 is 0 Å². The summed E-state index contributed by atoms with van der Waals surface area (Å²) < 4.78 is 18.1. The molecule has 0 spiro atoms. The number of hydrogen-bond donors (Lipinski definition) is 2. The van der Waals surface area contributed by atoms with Crippen molar-refractivity contribution in [2.24, 2.45) is 0 Å². The first-order chi connectivity index (χ1) is 13.0. The topological polar surface area (TPSA) is 91.0 Å². The molecule has 1 aliphatic rings. The molecular formula is C18H25FN4O4. The summed E-state index contributed by atoms with van der Waals surface area (Å²) in [5, 5.41) is 5.36. The van der Waals surface area contributed by atoms with Crippen LogP contribution in [0.1, 0.15) is 13.3 Å². The van der Waals surface area contributed by atoms with Crippen molar-refractivity contribution < 1.29 is 23.5 Å². The van der Waals surface area contributed by atoms with Crippen LogP contribution in [0.25, 0.3) is 0 Å². The number of hydrogen-bond acceptors (Lipinski definition) is 4. The first kappa shape index (κ1) is 20.6. The molecule has 9 heteroatoms. The molecule has 1 heterocycles. The lowest BCUT2D eigenvalue weighted by atomic mass is 10.3. The molecule has 0 bridgehead atoms. The fourth-order valence-corrected chi connectivity index (χ4v) is 2.56. The first-order valence-corrected chi connectivity index (χ1v) is 8.93. The number of carbonyl (C=O) groups is 3. The number of piperazine rings is 1. The van der Waals surface area contributed by atoms with E-state index in [0.29, 0.717) is 38.4 Å². The van der Waals surface area contributed by atoms with Gasteiger partial charge in [0, 0.05) is 38.5 Å². The maximum absolute atomic E-state index is 12.9. The maximum atomic E-state index is 12.9. The van der Waals surface area contributed by atoms with Gasteiger partial charge in [-0.3, -0.25) is 9.59 Å². The predicted octanol–water partition coefficient (Wildman–Crippen LogP) is 1.04. The van der Waals surface area contributed by atoms with Gasteiger partial charge in [0.2, 0.25) is 11.8 Å². The first-order valence-electron chi connectivity index (χ1n) is 8.93. The second-order valence-corrected chi connectivity index (χ2v) is 6.07. The predicted molar refractivity (Wildman–Crippen MR) is 97.7 cm³/mol. The number of rotatable bonds is 8. The van der Waals surface area contributed by atoms with Gasteiger partial charge in [-0.15, -0.1) is 0 Å². The van der Waals surface area contributed by atoms with E-state index in [4.69, 9.17) is 4.74 Å². The summed E-state index contributed by atoms with van der Waals surface area (Å²) >= 11 is 0. The minimum atomic E-state index is -0.435. The molecule has 27 heavy (non-hydrogen) atoms. The second-order valence-electron chi connectivity index (χ2n) is 6.07. The van der Waals surface area contributed by atoms with Crippen LogP contribution in [0.3, 0.4) is 0 Å². The molecule has 0 radical (unpaired) electrons. The van der Waals surface area contributed by atoms with Crippen LogP contribution < -0.4 is 10.6 Å². The van der Waals surface area contributed by atoms with Crippen molar-refractivity contribution in [3.8, 4) is 0 Å². The molecule has 8 nitrogen and oxygen atoms in total. The van der Waals surface area contributed by atoms with Crippen LogP contribution >= 0.6 is 0 Å². The zero-order valence-corrected chi connectivity index (χ0v) is 15.4. The molecule has 148 valence electrons. The minimum Gasteiger partial charge on any atom is -0.382 e. The number of anilines is 1. The Labute approximate surface area is 157 Å². The molecule has 0 aromatic heterocycles. The van der Waals surface area contributed by atoms with Crippen LogP contribution in [0.4, 0.5) is 14.9 Å². The monoisotopic (exact) mass is 380 g/mol. The minimum absolute atomic E-state index is 0.0269. The lowest BCUT2D eigenvalue weighted by Crippen LogP contribution is -2.55. The van der Waals surface area contributed by atoms with Crippen molar-refractivity contribution >= 4 is 23.5 Å². The molecule has 4 amide bonds. The van der Waals surface area contributed by atoms with Crippen molar-refractivity contribution in [1.82, 2.24) is 15.1 Å². The molecule has 1 aromatic carbocycles. The number of nitrogens with one attached hydrogen (secondary N) is 2. The van der Waals surface area contributed by atoms with Crippen LogP contribution in [0.2, 0.25) is 0 Å². The molecule has 0 saturated carbocycles. The Morgan fingerprint density at radius 3 is 2.63 bits per heavy atom. The number of amides is 4. The van der Waals surface area contributed by atoms with Crippen LogP contribution in [0.15, 0.2) is 24.3 Å². The fraction of sp³-hybridized carbons (Fsp3) is 0.500. The van der Waals surface area contributed by atoms with Crippen molar-refractivity contribution in [2.75, 3.05) is 51.3 Å². The molecular weight excluding hydrogens is 355 g/mol. The largest absolute Gasteiger partial charge is 0.382 e. The Morgan fingerprint density at radius 1 is 1.22 bits per heavy atom. The lowest BCUT2D eigenvalue weighted by Gasteiger charge is -2.33. The number of benzene rings is 1. The third-order valence-corrected chi connectivity index (χ3v) is 4.03. The number of urea groups is 1. The highest BCUT2D eigenvalue weighted by Gasteiger charge is 2.28. The van der Waals surface area contributed by atoms with Gasteiger partial charge in [-0.05, 0) is 37.6 Å². The van der Waals surface area contributed by atoms with Gasteiger partial charge in [-0.25, -0.2) is 9.18 Å². The Morgan fingerprint density at radius 2 is 1.96 bits per heavy atom.